The fourth-order valence-electron chi connectivity index (χ4n) is 2.79. The third-order valence-corrected chi connectivity index (χ3v) is 4.17. The van der Waals surface area contributed by atoms with Gasteiger partial charge in [0.05, 0.1) is 18.4 Å². The summed E-state index contributed by atoms with van der Waals surface area (Å²) in [5.41, 5.74) is 0.325. The number of rotatable bonds is 6. The second-order valence-electron chi connectivity index (χ2n) is 7.81. The number of nitrogens with one attached hydrogen (secondary N) is 1. The van der Waals surface area contributed by atoms with Crippen LogP contribution in [-0.4, -0.2) is 24.6 Å². The van der Waals surface area contributed by atoms with Crippen molar-refractivity contribution in [3.63, 3.8) is 0 Å². The van der Waals surface area contributed by atoms with Gasteiger partial charge in [-0.1, -0.05) is 24.3 Å². The molecule has 0 aliphatic rings. The van der Waals surface area contributed by atoms with Crippen LogP contribution in [0.2, 0.25) is 0 Å². The Morgan fingerprint density at radius 2 is 1.48 bits per heavy atom. The number of carbonyl (C=O) groups is 2. The van der Waals surface area contributed by atoms with Crippen molar-refractivity contribution >= 4 is 17.6 Å². The van der Waals surface area contributed by atoms with Crippen LogP contribution in [0.3, 0.4) is 0 Å². The van der Waals surface area contributed by atoms with Gasteiger partial charge in [0.25, 0.3) is 5.91 Å². The lowest BCUT2D eigenvalue weighted by atomic mass is 10.1. The molecule has 0 bridgehead atoms. The molecule has 3 aromatic carbocycles. The number of esters is 1. The summed E-state index contributed by atoms with van der Waals surface area (Å²) in [6, 6.07) is 20.7. The highest BCUT2D eigenvalue weighted by atomic mass is 16.6. The predicted octanol–water partition coefficient (Wildman–Crippen LogP) is 5.70. The lowest BCUT2D eigenvalue weighted by molar-refractivity contribution is 0.00708. The number of anilines is 1. The minimum atomic E-state index is -0.673. The Kier molecular flexibility index (Phi) is 6.60. The molecule has 6 heteroatoms. The Hall–Kier alpha value is -3.80. The van der Waals surface area contributed by atoms with Crippen LogP contribution >= 0.6 is 0 Å². The van der Waals surface area contributed by atoms with Crippen LogP contribution < -0.4 is 14.8 Å². The highest BCUT2D eigenvalue weighted by Gasteiger charge is 2.22. The summed E-state index contributed by atoms with van der Waals surface area (Å²) in [4.78, 5) is 25.4. The van der Waals surface area contributed by atoms with Gasteiger partial charge in [-0.05, 0) is 57.2 Å². The minimum Gasteiger partial charge on any atom is -0.497 e. The highest BCUT2D eigenvalue weighted by molar-refractivity contribution is 6.08. The van der Waals surface area contributed by atoms with Crippen LogP contribution in [0.4, 0.5) is 5.69 Å². The van der Waals surface area contributed by atoms with E-state index in [-0.39, 0.29) is 11.5 Å². The molecular weight excluding hydrogens is 394 g/mol. The monoisotopic (exact) mass is 419 g/mol. The normalized spacial score (nSPS) is 10.8. The molecule has 1 N–H and O–H groups in total. The summed E-state index contributed by atoms with van der Waals surface area (Å²) < 4.78 is 16.6. The maximum atomic E-state index is 12.7. The van der Waals surface area contributed by atoms with Crippen LogP contribution in [0.5, 0.6) is 17.2 Å². The Bertz CT molecular complexity index is 1070. The number of amides is 1. The topological polar surface area (TPSA) is 73.9 Å². The molecule has 0 radical (unpaired) electrons. The first kappa shape index (κ1) is 21.9. The summed E-state index contributed by atoms with van der Waals surface area (Å²) in [5, 5.41) is 2.80. The van der Waals surface area contributed by atoms with E-state index in [1.54, 1.807) is 88.5 Å². The van der Waals surface area contributed by atoms with E-state index in [1.807, 2.05) is 12.1 Å². The summed E-state index contributed by atoms with van der Waals surface area (Å²) >= 11 is 0. The number of ether oxygens (including phenoxy) is 3. The Balaban J connectivity index is 1.93. The van der Waals surface area contributed by atoms with E-state index in [4.69, 9.17) is 14.2 Å². The molecule has 6 nitrogen and oxygen atoms in total. The van der Waals surface area contributed by atoms with E-state index >= 15 is 0 Å². The van der Waals surface area contributed by atoms with Crippen molar-refractivity contribution < 1.29 is 23.8 Å². The van der Waals surface area contributed by atoms with Gasteiger partial charge in [0.2, 0.25) is 0 Å². The number of carbonyl (C=O) groups excluding carboxylic acids is 2. The van der Waals surface area contributed by atoms with Gasteiger partial charge in [-0.2, -0.15) is 0 Å². The van der Waals surface area contributed by atoms with Crippen LogP contribution in [0.1, 0.15) is 41.5 Å². The fraction of sp³-hybridized carbons (Fsp3) is 0.200. The van der Waals surface area contributed by atoms with Crippen molar-refractivity contribution in [1.29, 1.82) is 0 Å². The average Bonchev–Trinajstić information content (AvgIpc) is 2.73. The van der Waals surface area contributed by atoms with Gasteiger partial charge in [-0.3, -0.25) is 4.79 Å². The van der Waals surface area contributed by atoms with Gasteiger partial charge in [0.1, 0.15) is 22.8 Å². The Morgan fingerprint density at radius 1 is 0.806 bits per heavy atom. The number of hydrogen-bond donors (Lipinski definition) is 1. The molecule has 0 aliphatic heterocycles. The van der Waals surface area contributed by atoms with Crippen molar-refractivity contribution in [2.75, 3.05) is 12.4 Å². The van der Waals surface area contributed by atoms with Gasteiger partial charge in [0, 0.05) is 17.7 Å². The van der Waals surface area contributed by atoms with Gasteiger partial charge < -0.3 is 19.5 Å². The van der Waals surface area contributed by atoms with Crippen molar-refractivity contribution in [1.82, 2.24) is 0 Å². The molecule has 0 fully saturated rings. The zero-order chi connectivity index (χ0) is 22.4. The van der Waals surface area contributed by atoms with Gasteiger partial charge >= 0.3 is 5.97 Å². The zero-order valence-electron chi connectivity index (χ0n) is 18.0. The summed E-state index contributed by atoms with van der Waals surface area (Å²) in [6.07, 6.45) is 0. The number of hydrogen-bond acceptors (Lipinski definition) is 5. The molecule has 160 valence electrons. The summed E-state index contributed by atoms with van der Waals surface area (Å²) in [7, 11) is 1.58. The first-order valence-corrected chi connectivity index (χ1v) is 9.81. The van der Waals surface area contributed by atoms with Gasteiger partial charge in [-0.25, -0.2) is 4.79 Å². The first-order valence-electron chi connectivity index (χ1n) is 9.81. The molecule has 3 aromatic rings. The molecule has 0 saturated carbocycles. The molecule has 3 rings (SSSR count). The minimum absolute atomic E-state index is 0.234. The van der Waals surface area contributed by atoms with E-state index in [0.717, 1.165) is 0 Å². The van der Waals surface area contributed by atoms with Crippen molar-refractivity contribution in [3.8, 4) is 17.2 Å². The second-order valence-corrected chi connectivity index (χ2v) is 7.81. The predicted molar refractivity (Wildman–Crippen MR) is 119 cm³/mol. The molecule has 1 amide bonds. The summed E-state index contributed by atoms with van der Waals surface area (Å²) in [6.45, 7) is 5.36. The molecule has 0 aromatic heterocycles. The Morgan fingerprint density at radius 3 is 2.16 bits per heavy atom. The molecule has 0 heterocycles. The molecule has 0 atom stereocenters. The molecule has 0 aliphatic carbocycles. The smallest absolute Gasteiger partial charge is 0.340 e. The molecule has 31 heavy (non-hydrogen) atoms. The van der Waals surface area contributed by atoms with Gasteiger partial charge in [-0.15, -0.1) is 0 Å². The third kappa shape index (κ3) is 6.09. The second kappa shape index (κ2) is 9.34. The number of methoxy groups -OCH3 is 1. The Labute approximate surface area is 181 Å². The van der Waals surface area contributed by atoms with Gasteiger partial charge in [0.15, 0.2) is 0 Å². The van der Waals surface area contributed by atoms with Crippen LogP contribution in [0.25, 0.3) is 0 Å². The highest BCUT2D eigenvalue weighted by Crippen LogP contribution is 2.30. The SMILES string of the molecule is COc1cccc(Oc2ccc(C(=O)OC(C)(C)C)c(NC(=O)c3ccccc3)c2)c1. The van der Waals surface area contributed by atoms with E-state index in [1.165, 1.54) is 0 Å². The molecular formula is C25H25NO5. The average molecular weight is 419 g/mol. The third-order valence-electron chi connectivity index (χ3n) is 4.17. The fourth-order valence-corrected chi connectivity index (χ4v) is 2.79. The molecule has 0 spiro atoms. The maximum Gasteiger partial charge on any atom is 0.340 e. The van der Waals surface area contributed by atoms with E-state index in [0.29, 0.717) is 28.5 Å². The quantitative estimate of drug-likeness (QED) is 0.519. The van der Waals surface area contributed by atoms with Crippen molar-refractivity contribution in [2.45, 2.75) is 26.4 Å². The van der Waals surface area contributed by atoms with Crippen LogP contribution in [-0.2, 0) is 4.74 Å². The van der Waals surface area contributed by atoms with Crippen molar-refractivity contribution in [3.05, 3.63) is 83.9 Å². The lowest BCUT2D eigenvalue weighted by Gasteiger charge is -2.21. The lowest BCUT2D eigenvalue weighted by Crippen LogP contribution is -2.25. The number of benzene rings is 3. The zero-order valence-corrected chi connectivity index (χ0v) is 18.0. The maximum absolute atomic E-state index is 12.7. The van der Waals surface area contributed by atoms with Crippen molar-refractivity contribution in [2.24, 2.45) is 0 Å². The largest absolute Gasteiger partial charge is 0.497 e. The standard InChI is InChI=1S/C25H25NO5/c1-25(2,3)31-24(28)21-14-13-20(30-19-12-8-11-18(15-19)29-4)16-22(21)26-23(27)17-9-6-5-7-10-17/h5-16H,1-4H3,(H,26,27). The van der Waals surface area contributed by atoms with Crippen LogP contribution in [0.15, 0.2) is 72.8 Å². The van der Waals surface area contributed by atoms with E-state index < -0.39 is 11.6 Å². The molecule has 0 unspecified atom stereocenters. The van der Waals surface area contributed by atoms with E-state index in [9.17, 15) is 9.59 Å². The summed E-state index contributed by atoms with van der Waals surface area (Å²) in [5.74, 6) is 0.779. The van der Waals surface area contributed by atoms with E-state index in [2.05, 4.69) is 5.32 Å². The first-order chi connectivity index (χ1) is 14.7. The molecule has 0 saturated heterocycles. The van der Waals surface area contributed by atoms with Crippen LogP contribution in [0, 0.1) is 0 Å².